The van der Waals surface area contributed by atoms with Gasteiger partial charge in [-0.2, -0.15) is 0 Å². The minimum Gasteiger partial charge on any atom is -0.394 e. The smallest absolute Gasteiger partial charge is 0.244 e. The van der Waals surface area contributed by atoms with Gasteiger partial charge in [0, 0.05) is 17.6 Å². The quantitative estimate of drug-likeness (QED) is 0.683. The normalized spacial score (nSPS) is 12.6. The minimum absolute atomic E-state index is 0.0281. The van der Waals surface area contributed by atoms with Gasteiger partial charge >= 0.3 is 0 Å². The van der Waals surface area contributed by atoms with E-state index in [1.54, 1.807) is 30.3 Å². The highest BCUT2D eigenvalue weighted by atomic mass is 35.5. The summed E-state index contributed by atoms with van der Waals surface area (Å²) in [7, 11) is 0. The summed E-state index contributed by atoms with van der Waals surface area (Å²) in [5.74, 6) is -0.326. The van der Waals surface area contributed by atoms with Crippen molar-refractivity contribution in [2.75, 3.05) is 13.2 Å². The van der Waals surface area contributed by atoms with Crippen molar-refractivity contribution in [1.29, 1.82) is 0 Å². The number of carbonyl (C=O) groups excluding carboxylic acids is 1. The maximum Gasteiger partial charge on any atom is 0.244 e. The molecule has 5 heteroatoms. The van der Waals surface area contributed by atoms with Crippen molar-refractivity contribution in [3.8, 4) is 0 Å². The highest BCUT2D eigenvalue weighted by Crippen LogP contribution is 2.10. The first-order chi connectivity index (χ1) is 8.11. The fraction of sp³-hybridized carbons (Fsp3) is 0.250. The lowest BCUT2D eigenvalue weighted by Crippen LogP contribution is -2.32. The molecule has 0 fully saturated rings. The van der Waals surface area contributed by atoms with Crippen molar-refractivity contribution >= 4 is 23.6 Å². The van der Waals surface area contributed by atoms with Crippen LogP contribution < -0.4 is 5.32 Å². The van der Waals surface area contributed by atoms with Crippen molar-refractivity contribution in [2.24, 2.45) is 0 Å². The van der Waals surface area contributed by atoms with Crippen LogP contribution in [-0.4, -0.2) is 35.4 Å². The van der Waals surface area contributed by atoms with Gasteiger partial charge in [-0.15, -0.1) is 0 Å². The Morgan fingerprint density at radius 2 is 2.06 bits per heavy atom. The van der Waals surface area contributed by atoms with Gasteiger partial charge in [-0.1, -0.05) is 23.7 Å². The Morgan fingerprint density at radius 1 is 1.41 bits per heavy atom. The van der Waals surface area contributed by atoms with Gasteiger partial charge < -0.3 is 15.5 Å². The molecule has 0 bridgehead atoms. The van der Waals surface area contributed by atoms with Crippen LogP contribution in [0.3, 0.4) is 0 Å². The topological polar surface area (TPSA) is 69.6 Å². The Morgan fingerprint density at radius 3 is 2.65 bits per heavy atom. The molecule has 92 valence electrons. The zero-order valence-electron chi connectivity index (χ0n) is 9.14. The lowest BCUT2D eigenvalue weighted by molar-refractivity contribution is -0.117. The largest absolute Gasteiger partial charge is 0.394 e. The molecule has 17 heavy (non-hydrogen) atoms. The van der Waals surface area contributed by atoms with Crippen LogP contribution >= 0.6 is 11.6 Å². The molecule has 1 atom stereocenters. The molecule has 0 aliphatic rings. The molecule has 1 unspecified atom stereocenters. The van der Waals surface area contributed by atoms with Gasteiger partial charge in [0.2, 0.25) is 5.91 Å². The van der Waals surface area contributed by atoms with E-state index >= 15 is 0 Å². The lowest BCUT2D eigenvalue weighted by atomic mass is 10.2. The number of aliphatic hydroxyl groups excluding tert-OH is 2. The van der Waals surface area contributed by atoms with Crippen LogP contribution in [-0.2, 0) is 4.79 Å². The number of benzene rings is 1. The SMILES string of the molecule is O=C(/C=C/c1ccc(Cl)cc1)NCC(O)CO. The summed E-state index contributed by atoms with van der Waals surface area (Å²) in [5, 5.41) is 20.7. The monoisotopic (exact) mass is 255 g/mol. The van der Waals surface area contributed by atoms with Crippen molar-refractivity contribution in [2.45, 2.75) is 6.10 Å². The molecule has 1 aromatic carbocycles. The van der Waals surface area contributed by atoms with E-state index in [0.717, 1.165) is 5.56 Å². The number of aliphatic hydroxyl groups is 2. The van der Waals surface area contributed by atoms with Crippen LogP contribution in [0.5, 0.6) is 0 Å². The Balaban J connectivity index is 2.42. The van der Waals surface area contributed by atoms with E-state index < -0.39 is 6.10 Å². The van der Waals surface area contributed by atoms with Crippen molar-refractivity contribution in [3.05, 3.63) is 40.9 Å². The van der Waals surface area contributed by atoms with Crippen LogP contribution in [0.1, 0.15) is 5.56 Å². The average Bonchev–Trinajstić information content (AvgIpc) is 2.35. The molecule has 0 aliphatic carbocycles. The van der Waals surface area contributed by atoms with Gasteiger partial charge in [0.1, 0.15) is 0 Å². The predicted octanol–water partition coefficient (Wildman–Crippen LogP) is 0.823. The Bertz CT molecular complexity index is 389. The second kappa shape index (κ2) is 7.06. The molecule has 1 rings (SSSR count). The molecule has 0 saturated carbocycles. The maximum atomic E-state index is 11.3. The predicted molar refractivity (Wildman–Crippen MR) is 66.6 cm³/mol. The van der Waals surface area contributed by atoms with Crippen molar-refractivity contribution in [3.63, 3.8) is 0 Å². The molecule has 0 saturated heterocycles. The third-order valence-corrected chi connectivity index (χ3v) is 2.27. The zero-order chi connectivity index (χ0) is 12.7. The first-order valence-electron chi connectivity index (χ1n) is 5.12. The van der Waals surface area contributed by atoms with Crippen LogP contribution in [0, 0.1) is 0 Å². The fourth-order valence-electron chi connectivity index (χ4n) is 1.09. The Kier molecular flexibility index (Phi) is 5.69. The maximum absolute atomic E-state index is 11.3. The number of amides is 1. The number of hydrogen-bond donors (Lipinski definition) is 3. The van der Waals surface area contributed by atoms with E-state index in [9.17, 15) is 4.79 Å². The lowest BCUT2D eigenvalue weighted by Gasteiger charge is -2.06. The molecule has 0 aromatic heterocycles. The number of nitrogens with one attached hydrogen (secondary N) is 1. The first kappa shape index (κ1) is 13.7. The zero-order valence-corrected chi connectivity index (χ0v) is 9.89. The minimum atomic E-state index is -0.928. The standard InChI is InChI=1S/C12H14ClNO3/c13-10-4-1-9(2-5-10)3-6-12(17)14-7-11(16)8-15/h1-6,11,15-16H,7-8H2,(H,14,17)/b6-3+. The molecule has 1 amide bonds. The molecule has 3 N–H and O–H groups in total. The number of rotatable bonds is 5. The van der Waals surface area contributed by atoms with E-state index in [-0.39, 0.29) is 19.1 Å². The third-order valence-electron chi connectivity index (χ3n) is 2.02. The molecule has 0 spiro atoms. The van der Waals surface area contributed by atoms with Gasteiger partial charge in [-0.05, 0) is 23.8 Å². The average molecular weight is 256 g/mol. The van der Waals surface area contributed by atoms with Crippen LogP contribution in [0.2, 0.25) is 5.02 Å². The summed E-state index contributed by atoms with van der Waals surface area (Å²) in [6.45, 7) is -0.346. The number of halogens is 1. The van der Waals surface area contributed by atoms with Gasteiger partial charge in [-0.25, -0.2) is 0 Å². The summed E-state index contributed by atoms with van der Waals surface area (Å²) < 4.78 is 0. The molecular formula is C12H14ClNO3. The number of carbonyl (C=O) groups is 1. The molecule has 0 radical (unpaired) electrons. The Hall–Kier alpha value is -1.36. The highest BCUT2D eigenvalue weighted by molar-refractivity contribution is 6.30. The van der Waals surface area contributed by atoms with Crippen molar-refractivity contribution < 1.29 is 15.0 Å². The molecule has 0 aliphatic heterocycles. The van der Waals surface area contributed by atoms with Crippen molar-refractivity contribution in [1.82, 2.24) is 5.32 Å². The van der Waals surface area contributed by atoms with Gasteiger partial charge in [0.05, 0.1) is 12.7 Å². The first-order valence-corrected chi connectivity index (χ1v) is 5.50. The summed E-state index contributed by atoms with van der Waals surface area (Å²) in [4.78, 5) is 11.3. The van der Waals surface area contributed by atoms with E-state index in [0.29, 0.717) is 5.02 Å². The van der Waals surface area contributed by atoms with Crippen LogP contribution in [0.15, 0.2) is 30.3 Å². The highest BCUT2D eigenvalue weighted by Gasteiger charge is 2.02. The molecule has 4 nitrogen and oxygen atoms in total. The van der Waals surface area contributed by atoms with E-state index in [2.05, 4.69) is 5.32 Å². The summed E-state index contributed by atoms with van der Waals surface area (Å²) in [5.41, 5.74) is 0.854. The third kappa shape index (κ3) is 5.49. The second-order valence-electron chi connectivity index (χ2n) is 3.47. The molecule has 0 heterocycles. The van der Waals surface area contributed by atoms with Crippen LogP contribution in [0.4, 0.5) is 0 Å². The van der Waals surface area contributed by atoms with E-state index in [1.807, 2.05) is 0 Å². The van der Waals surface area contributed by atoms with E-state index in [1.165, 1.54) is 6.08 Å². The summed E-state index contributed by atoms with van der Waals surface area (Å²) in [6.07, 6.45) is 2.06. The van der Waals surface area contributed by atoms with Crippen LogP contribution in [0.25, 0.3) is 6.08 Å². The Labute approximate surface area is 105 Å². The number of hydrogen-bond acceptors (Lipinski definition) is 3. The second-order valence-corrected chi connectivity index (χ2v) is 3.90. The van der Waals surface area contributed by atoms with Gasteiger partial charge in [-0.3, -0.25) is 4.79 Å². The fourth-order valence-corrected chi connectivity index (χ4v) is 1.21. The summed E-state index contributed by atoms with van der Waals surface area (Å²) in [6, 6.07) is 7.03. The summed E-state index contributed by atoms with van der Waals surface area (Å²) >= 11 is 5.72. The van der Waals surface area contributed by atoms with Gasteiger partial charge in [0.25, 0.3) is 0 Å². The molecule has 1 aromatic rings. The van der Waals surface area contributed by atoms with Gasteiger partial charge in [0.15, 0.2) is 0 Å². The molecular weight excluding hydrogens is 242 g/mol. The van der Waals surface area contributed by atoms with E-state index in [4.69, 9.17) is 21.8 Å².